The summed E-state index contributed by atoms with van der Waals surface area (Å²) in [4.78, 5) is 3.98. The van der Waals surface area contributed by atoms with Crippen LogP contribution in [0.3, 0.4) is 0 Å². The van der Waals surface area contributed by atoms with E-state index in [9.17, 15) is 0 Å². The van der Waals surface area contributed by atoms with Gasteiger partial charge < -0.3 is 5.11 Å². The molecule has 0 atom stereocenters. The zero-order valence-electron chi connectivity index (χ0n) is 5.74. The summed E-state index contributed by atoms with van der Waals surface area (Å²) in [6.07, 6.45) is 1.46. The molecule has 54 valence electrons. The third kappa shape index (κ3) is 1.92. The minimum Gasteiger partial charge on any atom is -0.506 e. The quantitative estimate of drug-likeness (QED) is 0.662. The summed E-state index contributed by atoms with van der Waals surface area (Å²) in [7, 11) is 0. The van der Waals surface area contributed by atoms with Crippen LogP contribution in [0.4, 0.5) is 0 Å². The van der Waals surface area contributed by atoms with Crippen molar-refractivity contribution in [2.75, 3.05) is 5.75 Å². The fraction of sp³-hybridized carbons (Fsp3) is 0.286. The Kier molecular flexibility index (Phi) is 2.57. The molecule has 2 nitrogen and oxygen atoms in total. The minimum atomic E-state index is 0.223. The Bertz CT molecular complexity index is 197. The van der Waals surface area contributed by atoms with Gasteiger partial charge in [-0.3, -0.25) is 0 Å². The highest BCUT2D eigenvalue weighted by Gasteiger charge is 1.91. The summed E-state index contributed by atoms with van der Waals surface area (Å²) >= 11 is 1.66. The third-order valence-corrected chi connectivity index (χ3v) is 1.84. The van der Waals surface area contributed by atoms with E-state index in [0.29, 0.717) is 0 Å². The Morgan fingerprint density at radius 1 is 1.60 bits per heavy atom. The van der Waals surface area contributed by atoms with Crippen LogP contribution < -0.4 is 0 Å². The number of nitrogens with zero attached hydrogens (tertiary/aromatic N) is 1. The molecule has 1 aromatic rings. The Hall–Kier alpha value is -0.700. The molecule has 1 heterocycles. The van der Waals surface area contributed by atoms with Crippen molar-refractivity contribution in [2.24, 2.45) is 0 Å². The highest BCUT2D eigenvalue weighted by atomic mass is 32.2. The van der Waals surface area contributed by atoms with Crippen molar-refractivity contribution in [3.63, 3.8) is 0 Å². The van der Waals surface area contributed by atoms with Crippen LogP contribution in [0.5, 0.6) is 5.75 Å². The molecule has 0 aliphatic rings. The molecule has 0 amide bonds. The van der Waals surface area contributed by atoms with Crippen molar-refractivity contribution in [1.29, 1.82) is 0 Å². The standard InChI is InChI=1S/C7H9NOS/c1-2-10-7-4-3-6(9)5-8-7/h3-5,9H,2H2,1H3. The van der Waals surface area contributed by atoms with E-state index in [4.69, 9.17) is 5.11 Å². The Balaban J connectivity index is 2.69. The van der Waals surface area contributed by atoms with Crippen LogP contribution in [0.2, 0.25) is 0 Å². The normalized spacial score (nSPS) is 9.70. The monoisotopic (exact) mass is 155 g/mol. The number of rotatable bonds is 2. The fourth-order valence-electron chi connectivity index (χ4n) is 0.606. The van der Waals surface area contributed by atoms with Crippen molar-refractivity contribution in [2.45, 2.75) is 11.9 Å². The van der Waals surface area contributed by atoms with Gasteiger partial charge in [0, 0.05) is 0 Å². The highest BCUT2D eigenvalue weighted by Crippen LogP contribution is 2.16. The van der Waals surface area contributed by atoms with Gasteiger partial charge in [0.2, 0.25) is 0 Å². The summed E-state index contributed by atoms with van der Waals surface area (Å²) in [5.41, 5.74) is 0. The molecular weight excluding hydrogens is 146 g/mol. The number of hydrogen-bond acceptors (Lipinski definition) is 3. The van der Waals surface area contributed by atoms with Crippen molar-refractivity contribution in [1.82, 2.24) is 4.98 Å². The van der Waals surface area contributed by atoms with Gasteiger partial charge in [-0.1, -0.05) is 6.92 Å². The molecule has 0 radical (unpaired) electrons. The summed E-state index contributed by atoms with van der Waals surface area (Å²) in [5.74, 6) is 1.23. The topological polar surface area (TPSA) is 33.1 Å². The van der Waals surface area contributed by atoms with Gasteiger partial charge in [0.25, 0.3) is 0 Å². The maximum atomic E-state index is 8.85. The second kappa shape index (κ2) is 3.46. The van der Waals surface area contributed by atoms with E-state index < -0.39 is 0 Å². The molecule has 1 N–H and O–H groups in total. The number of thioether (sulfide) groups is 1. The van der Waals surface area contributed by atoms with E-state index in [1.807, 2.05) is 6.07 Å². The molecule has 0 aromatic carbocycles. The van der Waals surface area contributed by atoms with Crippen molar-refractivity contribution in [3.8, 4) is 5.75 Å². The van der Waals surface area contributed by atoms with Crippen LogP contribution in [0.25, 0.3) is 0 Å². The largest absolute Gasteiger partial charge is 0.506 e. The first kappa shape index (κ1) is 7.41. The molecule has 0 bridgehead atoms. The van der Waals surface area contributed by atoms with Crippen LogP contribution in [0.15, 0.2) is 23.4 Å². The lowest BCUT2D eigenvalue weighted by molar-refractivity contribution is 0.471. The van der Waals surface area contributed by atoms with E-state index in [1.54, 1.807) is 17.8 Å². The van der Waals surface area contributed by atoms with Crippen molar-refractivity contribution in [3.05, 3.63) is 18.3 Å². The van der Waals surface area contributed by atoms with E-state index in [2.05, 4.69) is 11.9 Å². The molecule has 3 heteroatoms. The summed E-state index contributed by atoms with van der Waals surface area (Å²) < 4.78 is 0. The van der Waals surface area contributed by atoms with Gasteiger partial charge >= 0.3 is 0 Å². The molecule has 0 unspecified atom stereocenters. The number of aromatic hydroxyl groups is 1. The van der Waals surface area contributed by atoms with Gasteiger partial charge in [0.05, 0.1) is 11.2 Å². The number of pyridine rings is 1. The van der Waals surface area contributed by atoms with Crippen molar-refractivity contribution < 1.29 is 5.11 Å². The van der Waals surface area contributed by atoms with Crippen LogP contribution in [-0.2, 0) is 0 Å². The molecule has 10 heavy (non-hydrogen) atoms. The van der Waals surface area contributed by atoms with Gasteiger partial charge in [-0.15, -0.1) is 11.8 Å². The molecular formula is C7H9NOS. The van der Waals surface area contributed by atoms with Crippen molar-refractivity contribution >= 4 is 11.8 Å². The van der Waals surface area contributed by atoms with Gasteiger partial charge in [-0.2, -0.15) is 0 Å². The fourth-order valence-corrected chi connectivity index (χ4v) is 1.19. The second-order valence-corrected chi connectivity index (χ2v) is 3.07. The van der Waals surface area contributed by atoms with Gasteiger partial charge in [-0.25, -0.2) is 4.98 Å². The van der Waals surface area contributed by atoms with Gasteiger partial charge in [-0.05, 0) is 17.9 Å². The van der Waals surface area contributed by atoms with Crippen LogP contribution in [0, 0.1) is 0 Å². The zero-order chi connectivity index (χ0) is 7.40. The minimum absolute atomic E-state index is 0.223. The van der Waals surface area contributed by atoms with Gasteiger partial charge in [0.15, 0.2) is 0 Å². The number of aromatic nitrogens is 1. The van der Waals surface area contributed by atoms with Crippen LogP contribution >= 0.6 is 11.8 Å². The summed E-state index contributed by atoms with van der Waals surface area (Å²) in [6, 6.07) is 3.45. The first-order valence-electron chi connectivity index (χ1n) is 3.10. The van der Waals surface area contributed by atoms with E-state index in [-0.39, 0.29) is 5.75 Å². The zero-order valence-corrected chi connectivity index (χ0v) is 6.56. The average molecular weight is 155 g/mol. The van der Waals surface area contributed by atoms with Gasteiger partial charge in [0.1, 0.15) is 5.75 Å². The maximum absolute atomic E-state index is 8.85. The predicted molar refractivity (Wildman–Crippen MR) is 42.3 cm³/mol. The first-order chi connectivity index (χ1) is 4.83. The number of hydrogen-bond donors (Lipinski definition) is 1. The Morgan fingerprint density at radius 2 is 2.40 bits per heavy atom. The molecule has 0 saturated heterocycles. The van der Waals surface area contributed by atoms with E-state index in [1.165, 1.54) is 6.20 Å². The SMILES string of the molecule is CCSc1ccc(O)cn1. The maximum Gasteiger partial charge on any atom is 0.133 e. The molecule has 0 spiro atoms. The van der Waals surface area contributed by atoms with Crippen LogP contribution in [0.1, 0.15) is 6.92 Å². The Morgan fingerprint density at radius 3 is 2.90 bits per heavy atom. The average Bonchev–Trinajstić information content (AvgIpc) is 1.95. The third-order valence-electron chi connectivity index (χ3n) is 1.01. The molecule has 1 rings (SSSR count). The summed E-state index contributed by atoms with van der Waals surface area (Å²) in [5, 5.41) is 9.81. The lowest BCUT2D eigenvalue weighted by Gasteiger charge is -1.95. The van der Waals surface area contributed by atoms with E-state index in [0.717, 1.165) is 10.8 Å². The lowest BCUT2D eigenvalue weighted by atomic mass is 10.5. The molecule has 1 aromatic heterocycles. The first-order valence-corrected chi connectivity index (χ1v) is 4.09. The Labute approximate surface area is 64.3 Å². The highest BCUT2D eigenvalue weighted by molar-refractivity contribution is 7.99. The smallest absolute Gasteiger partial charge is 0.133 e. The lowest BCUT2D eigenvalue weighted by Crippen LogP contribution is -1.77. The predicted octanol–water partition coefficient (Wildman–Crippen LogP) is 1.90. The van der Waals surface area contributed by atoms with Crippen LogP contribution in [-0.4, -0.2) is 15.8 Å². The van der Waals surface area contributed by atoms with E-state index >= 15 is 0 Å². The molecule has 0 aliphatic heterocycles. The summed E-state index contributed by atoms with van der Waals surface area (Å²) in [6.45, 7) is 2.07. The molecule has 0 aliphatic carbocycles. The second-order valence-electron chi connectivity index (χ2n) is 1.79. The molecule has 0 fully saturated rings. The molecule has 0 saturated carbocycles.